The molecule has 0 aliphatic carbocycles. The number of carboxylic acid groups (broad SMARTS) is 1. The molecule has 0 saturated carbocycles. The van der Waals surface area contributed by atoms with E-state index in [1.54, 1.807) is 24.5 Å². The number of rotatable bonds is 4. The van der Waals surface area contributed by atoms with E-state index in [-0.39, 0.29) is 15.4 Å². The van der Waals surface area contributed by atoms with Crippen molar-refractivity contribution in [2.75, 3.05) is 6.26 Å². The first-order valence-electron chi connectivity index (χ1n) is 5.54. The van der Waals surface area contributed by atoms with Crippen LogP contribution in [0.5, 0.6) is 0 Å². The SMILES string of the molecule is CSc1cc(C(=O)O)c(S(=O)(=O)c2ccccc2)cn1. The number of thioether (sulfide) groups is 1. The highest BCUT2D eigenvalue weighted by Crippen LogP contribution is 2.25. The Kier molecular flexibility index (Phi) is 4.10. The molecule has 1 N–H and O–H groups in total. The molecule has 2 rings (SSSR count). The average Bonchev–Trinajstić information content (AvgIpc) is 2.47. The van der Waals surface area contributed by atoms with Crippen LogP contribution in [-0.4, -0.2) is 30.7 Å². The predicted octanol–water partition coefficient (Wildman–Crippen LogP) is 2.33. The van der Waals surface area contributed by atoms with Crippen molar-refractivity contribution in [1.82, 2.24) is 4.98 Å². The Labute approximate surface area is 120 Å². The molecule has 1 aromatic heterocycles. The van der Waals surface area contributed by atoms with Gasteiger partial charge in [-0.25, -0.2) is 18.2 Å². The summed E-state index contributed by atoms with van der Waals surface area (Å²) in [5.41, 5.74) is -0.270. The van der Waals surface area contributed by atoms with Crippen molar-refractivity contribution in [2.45, 2.75) is 14.8 Å². The Hall–Kier alpha value is -1.86. The monoisotopic (exact) mass is 309 g/mol. The summed E-state index contributed by atoms with van der Waals surface area (Å²) in [6, 6.07) is 8.95. The van der Waals surface area contributed by atoms with E-state index in [0.29, 0.717) is 5.03 Å². The van der Waals surface area contributed by atoms with Gasteiger partial charge in [0.05, 0.1) is 15.5 Å². The predicted molar refractivity (Wildman–Crippen MR) is 74.9 cm³/mol. The fraction of sp³-hybridized carbons (Fsp3) is 0.0769. The number of aromatic nitrogens is 1. The molecule has 20 heavy (non-hydrogen) atoms. The molecule has 0 amide bonds. The summed E-state index contributed by atoms with van der Waals surface area (Å²) in [4.78, 5) is 15.0. The molecular formula is C13H11NO4S2. The minimum atomic E-state index is -3.89. The minimum Gasteiger partial charge on any atom is -0.478 e. The van der Waals surface area contributed by atoms with E-state index in [9.17, 15) is 18.3 Å². The summed E-state index contributed by atoms with van der Waals surface area (Å²) < 4.78 is 24.9. The van der Waals surface area contributed by atoms with Crippen LogP contribution in [0, 0.1) is 0 Å². The molecule has 0 aliphatic heterocycles. The fourth-order valence-electron chi connectivity index (χ4n) is 1.64. The lowest BCUT2D eigenvalue weighted by molar-refractivity contribution is 0.0692. The second-order valence-electron chi connectivity index (χ2n) is 3.84. The molecule has 5 nitrogen and oxygen atoms in total. The smallest absolute Gasteiger partial charge is 0.337 e. The first-order valence-corrected chi connectivity index (χ1v) is 8.25. The largest absolute Gasteiger partial charge is 0.478 e. The molecule has 0 aliphatic rings. The third-order valence-corrected chi connectivity index (χ3v) is 5.06. The van der Waals surface area contributed by atoms with Crippen LogP contribution in [0.4, 0.5) is 0 Å². The Bertz CT molecular complexity index is 742. The topological polar surface area (TPSA) is 84.3 Å². The molecule has 0 spiro atoms. The van der Waals surface area contributed by atoms with Gasteiger partial charge in [0.15, 0.2) is 0 Å². The van der Waals surface area contributed by atoms with E-state index in [2.05, 4.69) is 4.98 Å². The van der Waals surface area contributed by atoms with Crippen LogP contribution in [0.25, 0.3) is 0 Å². The van der Waals surface area contributed by atoms with Gasteiger partial charge in [-0.05, 0) is 24.5 Å². The molecule has 0 bridgehead atoms. The van der Waals surface area contributed by atoms with E-state index < -0.39 is 15.8 Å². The van der Waals surface area contributed by atoms with Gasteiger partial charge in [-0.1, -0.05) is 18.2 Å². The molecule has 0 saturated heterocycles. The average molecular weight is 309 g/mol. The van der Waals surface area contributed by atoms with Crippen molar-refractivity contribution in [1.29, 1.82) is 0 Å². The second kappa shape index (κ2) is 5.64. The van der Waals surface area contributed by atoms with Gasteiger partial charge in [0.25, 0.3) is 0 Å². The summed E-state index contributed by atoms with van der Waals surface area (Å²) in [5.74, 6) is -1.29. The van der Waals surface area contributed by atoms with Gasteiger partial charge in [-0.15, -0.1) is 11.8 Å². The number of carbonyl (C=O) groups is 1. The molecular weight excluding hydrogens is 298 g/mol. The van der Waals surface area contributed by atoms with Crippen molar-refractivity contribution < 1.29 is 18.3 Å². The molecule has 0 radical (unpaired) electrons. The number of carboxylic acids is 1. The molecule has 104 valence electrons. The first-order chi connectivity index (χ1) is 9.46. The van der Waals surface area contributed by atoms with Crippen LogP contribution in [-0.2, 0) is 9.84 Å². The lowest BCUT2D eigenvalue weighted by Gasteiger charge is -2.08. The van der Waals surface area contributed by atoms with Crippen molar-refractivity contribution in [2.24, 2.45) is 0 Å². The summed E-state index contributed by atoms with van der Waals surface area (Å²) >= 11 is 1.25. The van der Waals surface area contributed by atoms with Crippen molar-refractivity contribution in [3.63, 3.8) is 0 Å². The molecule has 1 aromatic carbocycles. The Morgan fingerprint density at radius 2 is 1.90 bits per heavy atom. The van der Waals surface area contributed by atoms with Crippen molar-refractivity contribution >= 4 is 27.6 Å². The van der Waals surface area contributed by atoms with Crippen molar-refractivity contribution in [3.8, 4) is 0 Å². The zero-order valence-electron chi connectivity index (χ0n) is 10.5. The number of pyridine rings is 1. The van der Waals surface area contributed by atoms with E-state index in [0.717, 1.165) is 6.20 Å². The molecule has 1 heterocycles. The van der Waals surface area contributed by atoms with Crippen LogP contribution >= 0.6 is 11.8 Å². The highest BCUT2D eigenvalue weighted by atomic mass is 32.2. The number of hydrogen-bond acceptors (Lipinski definition) is 5. The first kappa shape index (κ1) is 14.5. The summed E-state index contributed by atoms with van der Waals surface area (Å²) in [6.07, 6.45) is 2.83. The van der Waals surface area contributed by atoms with Gasteiger partial charge in [0.1, 0.15) is 4.90 Å². The van der Waals surface area contributed by atoms with E-state index in [1.165, 1.54) is 30.0 Å². The highest BCUT2D eigenvalue weighted by molar-refractivity contribution is 7.98. The van der Waals surface area contributed by atoms with Crippen LogP contribution in [0.1, 0.15) is 10.4 Å². The number of sulfone groups is 1. The minimum absolute atomic E-state index is 0.0428. The van der Waals surface area contributed by atoms with Gasteiger partial charge in [-0.3, -0.25) is 0 Å². The third-order valence-electron chi connectivity index (χ3n) is 2.62. The number of nitrogens with zero attached hydrogens (tertiary/aromatic N) is 1. The summed E-state index contributed by atoms with van der Waals surface area (Å²) in [5, 5.41) is 9.65. The zero-order chi connectivity index (χ0) is 14.8. The lowest BCUT2D eigenvalue weighted by atomic mass is 10.3. The van der Waals surface area contributed by atoms with Crippen LogP contribution in [0.3, 0.4) is 0 Å². The molecule has 2 aromatic rings. The van der Waals surface area contributed by atoms with Crippen LogP contribution in [0.2, 0.25) is 0 Å². The second-order valence-corrected chi connectivity index (χ2v) is 6.59. The highest BCUT2D eigenvalue weighted by Gasteiger charge is 2.25. The van der Waals surface area contributed by atoms with Gasteiger partial charge in [-0.2, -0.15) is 0 Å². The maximum absolute atomic E-state index is 12.4. The van der Waals surface area contributed by atoms with Gasteiger partial charge in [0, 0.05) is 6.20 Å². The van der Waals surface area contributed by atoms with Gasteiger partial charge in [0.2, 0.25) is 9.84 Å². The molecule has 7 heteroatoms. The normalized spacial score (nSPS) is 11.2. The van der Waals surface area contributed by atoms with E-state index in [4.69, 9.17) is 0 Å². The molecule has 0 fully saturated rings. The van der Waals surface area contributed by atoms with Gasteiger partial charge < -0.3 is 5.11 Å². The number of benzene rings is 1. The van der Waals surface area contributed by atoms with Crippen LogP contribution in [0.15, 0.2) is 57.4 Å². The van der Waals surface area contributed by atoms with E-state index >= 15 is 0 Å². The van der Waals surface area contributed by atoms with Crippen molar-refractivity contribution in [3.05, 3.63) is 48.2 Å². The quantitative estimate of drug-likeness (QED) is 0.873. The third kappa shape index (κ3) is 2.68. The zero-order valence-corrected chi connectivity index (χ0v) is 12.1. The lowest BCUT2D eigenvalue weighted by Crippen LogP contribution is -2.10. The van der Waals surface area contributed by atoms with Crippen LogP contribution < -0.4 is 0 Å². The Morgan fingerprint density at radius 3 is 2.45 bits per heavy atom. The maximum Gasteiger partial charge on any atom is 0.337 e. The summed E-state index contributed by atoms with van der Waals surface area (Å²) in [7, 11) is -3.89. The number of aromatic carboxylic acids is 1. The standard InChI is InChI=1S/C13H11NO4S2/c1-19-12-7-10(13(15)16)11(8-14-12)20(17,18)9-5-3-2-4-6-9/h2-8H,1H3,(H,15,16). The van der Waals surface area contributed by atoms with Gasteiger partial charge >= 0.3 is 5.97 Å². The maximum atomic E-state index is 12.4. The fourth-order valence-corrected chi connectivity index (χ4v) is 3.43. The molecule has 0 atom stereocenters. The van der Waals surface area contributed by atoms with E-state index in [1.807, 2.05) is 0 Å². The number of hydrogen-bond donors (Lipinski definition) is 1. The molecule has 0 unspecified atom stereocenters. The Morgan fingerprint density at radius 1 is 1.25 bits per heavy atom. The summed E-state index contributed by atoms with van der Waals surface area (Å²) in [6.45, 7) is 0. The Balaban J connectivity index is 2.66.